The summed E-state index contributed by atoms with van der Waals surface area (Å²) in [5.41, 5.74) is 5.58. The first-order valence-corrected chi connectivity index (χ1v) is 16.8. The van der Waals surface area contributed by atoms with Crippen LogP contribution >= 0.6 is 0 Å². The predicted molar refractivity (Wildman–Crippen MR) is 159 cm³/mol. The summed E-state index contributed by atoms with van der Waals surface area (Å²) in [6.07, 6.45) is 5.91. The molecule has 6 aliphatic rings. The van der Waals surface area contributed by atoms with Crippen LogP contribution in [0.3, 0.4) is 0 Å². The minimum atomic E-state index is -0.663. The molecule has 2 amide bonds. The number of hydrogen-bond acceptors (Lipinski definition) is 6. The van der Waals surface area contributed by atoms with Gasteiger partial charge in [0.15, 0.2) is 0 Å². The number of amides is 2. The Balaban J connectivity index is 1.29. The van der Waals surface area contributed by atoms with Crippen LogP contribution in [0.5, 0.6) is 0 Å². The number of ether oxygens (including phenoxy) is 3. The number of carbonyl (C=O) groups is 2. The maximum atomic E-state index is 12.5. The highest BCUT2D eigenvalue weighted by atomic mass is 16.6. The number of alkyl carbamates (subject to hydrolysis) is 1. The Morgan fingerprint density at radius 1 is 1.05 bits per heavy atom. The zero-order chi connectivity index (χ0) is 30.6. The van der Waals surface area contributed by atoms with Crippen LogP contribution in [0.15, 0.2) is 0 Å². The van der Waals surface area contributed by atoms with E-state index in [0.29, 0.717) is 24.3 Å². The molecule has 6 fully saturated rings. The van der Waals surface area contributed by atoms with Gasteiger partial charge >= 0.3 is 12.2 Å². The number of aliphatic hydroxyl groups excluding tert-OH is 1. The molecule has 238 valence electrons. The van der Waals surface area contributed by atoms with E-state index in [1.54, 1.807) is 0 Å². The summed E-state index contributed by atoms with van der Waals surface area (Å²) >= 11 is 0. The van der Waals surface area contributed by atoms with Crippen molar-refractivity contribution in [2.24, 2.45) is 62.4 Å². The molecule has 6 rings (SSSR count). The normalized spacial score (nSPS) is 50.7. The minimum absolute atomic E-state index is 0.0242. The Morgan fingerprint density at radius 3 is 2.36 bits per heavy atom. The second-order valence-electron chi connectivity index (χ2n) is 16.6. The summed E-state index contributed by atoms with van der Waals surface area (Å²) in [6, 6.07) is 0. The van der Waals surface area contributed by atoms with E-state index in [2.05, 4.69) is 53.8 Å². The maximum absolute atomic E-state index is 12.5. The Kier molecular flexibility index (Phi) is 7.06. The first-order chi connectivity index (χ1) is 19.6. The van der Waals surface area contributed by atoms with Crippen LogP contribution in [-0.4, -0.2) is 54.4 Å². The molecule has 0 aromatic rings. The van der Waals surface area contributed by atoms with E-state index in [1.165, 1.54) is 12.8 Å². The number of fused-ring (bicyclic) bond motifs is 4. The molecule has 8 heteroatoms. The summed E-state index contributed by atoms with van der Waals surface area (Å²) in [7, 11) is 0. The number of nitrogens with one attached hydrogen (secondary N) is 1. The van der Waals surface area contributed by atoms with E-state index in [9.17, 15) is 14.7 Å². The lowest BCUT2D eigenvalue weighted by molar-refractivity contribution is -0.184. The van der Waals surface area contributed by atoms with Crippen LogP contribution in [0, 0.1) is 56.7 Å². The van der Waals surface area contributed by atoms with Crippen LogP contribution in [0.25, 0.3) is 0 Å². The molecule has 1 saturated heterocycles. The van der Waals surface area contributed by atoms with Gasteiger partial charge in [-0.3, -0.25) is 0 Å². The van der Waals surface area contributed by atoms with Gasteiger partial charge in [0.1, 0.15) is 12.2 Å². The van der Waals surface area contributed by atoms with E-state index >= 15 is 0 Å². The fourth-order valence-corrected chi connectivity index (χ4v) is 12.8. The second-order valence-corrected chi connectivity index (χ2v) is 16.6. The van der Waals surface area contributed by atoms with Gasteiger partial charge < -0.3 is 30.4 Å². The van der Waals surface area contributed by atoms with Crippen LogP contribution in [-0.2, 0) is 14.2 Å². The van der Waals surface area contributed by atoms with Crippen molar-refractivity contribution < 1.29 is 28.9 Å². The predicted octanol–water partition coefficient (Wildman–Crippen LogP) is 6.03. The van der Waals surface area contributed by atoms with E-state index in [1.807, 2.05) is 6.92 Å². The molecule has 1 aliphatic heterocycles. The molecule has 4 N–H and O–H groups in total. The van der Waals surface area contributed by atoms with Gasteiger partial charge in [0.25, 0.3) is 0 Å². The van der Waals surface area contributed by atoms with Gasteiger partial charge in [0.2, 0.25) is 0 Å². The smallest absolute Gasteiger partial charge is 0.407 e. The van der Waals surface area contributed by atoms with Gasteiger partial charge in [-0.15, -0.1) is 0 Å². The summed E-state index contributed by atoms with van der Waals surface area (Å²) in [4.78, 5) is 24.2. The van der Waals surface area contributed by atoms with Gasteiger partial charge in [0.05, 0.1) is 18.3 Å². The molecule has 5 saturated carbocycles. The topological polar surface area (TPSA) is 120 Å². The molecule has 2 spiro atoms. The summed E-state index contributed by atoms with van der Waals surface area (Å²) in [5.74, 6) is 1.66. The van der Waals surface area contributed by atoms with E-state index in [-0.39, 0.29) is 63.3 Å². The third-order valence-electron chi connectivity index (χ3n) is 14.6. The van der Waals surface area contributed by atoms with Gasteiger partial charge in [0, 0.05) is 17.4 Å². The molecule has 1 heterocycles. The van der Waals surface area contributed by atoms with Gasteiger partial charge in [-0.05, 0) is 104 Å². The van der Waals surface area contributed by atoms with Crippen LogP contribution in [0.2, 0.25) is 0 Å². The van der Waals surface area contributed by atoms with Crippen molar-refractivity contribution in [2.75, 3.05) is 6.54 Å². The number of carbonyl (C=O) groups excluding carboxylic acids is 2. The molecular formula is C34H56N2O6. The van der Waals surface area contributed by atoms with Gasteiger partial charge in [-0.25, -0.2) is 9.59 Å². The largest absolute Gasteiger partial charge is 0.446 e. The Morgan fingerprint density at radius 2 is 1.71 bits per heavy atom. The van der Waals surface area contributed by atoms with Crippen LogP contribution in [0.1, 0.15) is 107 Å². The van der Waals surface area contributed by atoms with E-state index in [0.717, 1.165) is 38.5 Å². The lowest BCUT2D eigenvalue weighted by Crippen LogP contribution is -2.60. The van der Waals surface area contributed by atoms with Crippen LogP contribution in [0.4, 0.5) is 9.59 Å². The number of nitrogens with two attached hydrogens (primary N) is 1. The molecule has 13 atom stereocenters. The highest BCUT2D eigenvalue weighted by Crippen LogP contribution is 2.89. The van der Waals surface area contributed by atoms with Crippen molar-refractivity contribution in [3.05, 3.63) is 0 Å². The Labute approximate surface area is 252 Å². The van der Waals surface area contributed by atoms with Crippen LogP contribution < -0.4 is 11.1 Å². The molecule has 8 unspecified atom stereocenters. The van der Waals surface area contributed by atoms with Gasteiger partial charge in [-0.2, -0.15) is 0 Å². The van der Waals surface area contributed by atoms with Crippen molar-refractivity contribution in [2.45, 2.75) is 137 Å². The lowest BCUT2D eigenvalue weighted by atomic mass is 9.41. The molecule has 42 heavy (non-hydrogen) atoms. The zero-order valence-electron chi connectivity index (χ0n) is 27.2. The highest BCUT2D eigenvalue weighted by molar-refractivity contribution is 5.67. The van der Waals surface area contributed by atoms with Crippen molar-refractivity contribution in [1.29, 1.82) is 0 Å². The third kappa shape index (κ3) is 3.78. The zero-order valence-corrected chi connectivity index (χ0v) is 27.2. The van der Waals surface area contributed by atoms with Crippen molar-refractivity contribution >= 4 is 12.2 Å². The number of hydrogen-bond donors (Lipinski definition) is 3. The molecular weight excluding hydrogens is 532 g/mol. The fraction of sp³-hybridized carbons (Fsp3) is 0.941. The Hall–Kier alpha value is -1.54. The minimum Gasteiger partial charge on any atom is -0.446 e. The first kappa shape index (κ1) is 30.5. The monoisotopic (exact) mass is 588 g/mol. The average molecular weight is 589 g/mol. The fourth-order valence-electron chi connectivity index (χ4n) is 12.8. The SMILES string of the molecule is CCNC(=O)OC(C(C)C)C1C[C@@H](C)[C@H]2C(O1)[C@H](O)[C@@]1(C)C3CC[C@H]4C(C)(C)C(OC(N)=O)CCC45CC35CCC21C. The molecule has 5 aliphatic carbocycles. The summed E-state index contributed by atoms with van der Waals surface area (Å²) in [5, 5.41) is 15.2. The number of primary amides is 1. The molecule has 0 aromatic heterocycles. The van der Waals surface area contributed by atoms with Gasteiger partial charge in [-0.1, -0.05) is 48.5 Å². The summed E-state index contributed by atoms with van der Waals surface area (Å²) < 4.78 is 18.5. The molecule has 0 radical (unpaired) electrons. The first-order valence-electron chi connectivity index (χ1n) is 16.8. The van der Waals surface area contributed by atoms with Crippen molar-refractivity contribution in [1.82, 2.24) is 5.32 Å². The quantitative estimate of drug-likeness (QED) is 0.361. The van der Waals surface area contributed by atoms with Crippen molar-refractivity contribution in [3.63, 3.8) is 0 Å². The standard InChI is InChI=1S/C34H56N2O6/c1-9-36-29(39)42-25(18(2)3)20-16-19(4)24-26(40-20)27(37)32(8)22-11-10-21-30(5,6)23(41-28(35)38)12-13-33(21)17-34(22,33)15-14-31(24,32)7/h18-27,37H,9-17H2,1-8H3,(H2,35,38)(H,36,39)/t19-,20?,21+,22?,23?,24+,25?,26?,27+,31?,32-,33?,34?/m1/s1. The van der Waals surface area contributed by atoms with E-state index < -0.39 is 18.3 Å². The van der Waals surface area contributed by atoms with Crippen molar-refractivity contribution in [3.8, 4) is 0 Å². The summed E-state index contributed by atoms with van der Waals surface area (Å²) in [6.45, 7) is 18.3. The molecule has 0 bridgehead atoms. The molecule has 0 aromatic carbocycles. The maximum Gasteiger partial charge on any atom is 0.407 e. The molecule has 8 nitrogen and oxygen atoms in total. The number of aliphatic hydroxyl groups is 1. The number of rotatable bonds is 5. The average Bonchev–Trinajstić information content (AvgIpc) is 3.53. The highest BCUT2D eigenvalue weighted by Gasteiger charge is 2.84. The van der Waals surface area contributed by atoms with E-state index in [4.69, 9.17) is 19.9 Å². The third-order valence-corrected chi connectivity index (χ3v) is 14.6. The second kappa shape index (κ2) is 9.73. The Bertz CT molecular complexity index is 1110. The lowest BCUT2D eigenvalue weighted by Gasteiger charge is -2.63.